The quantitative estimate of drug-likeness (QED) is 0.850. The molecule has 0 saturated carbocycles. The van der Waals surface area contributed by atoms with Gasteiger partial charge in [-0.15, -0.1) is 0 Å². The summed E-state index contributed by atoms with van der Waals surface area (Å²) in [6.07, 6.45) is -1.58. The Morgan fingerprint density at radius 3 is 2.15 bits per heavy atom. The highest BCUT2D eigenvalue weighted by molar-refractivity contribution is 5.77. The van der Waals surface area contributed by atoms with E-state index in [0.29, 0.717) is 0 Å². The van der Waals surface area contributed by atoms with Crippen LogP contribution in [0.2, 0.25) is 0 Å². The molecule has 1 saturated heterocycles. The molecule has 0 aromatic heterocycles. The van der Waals surface area contributed by atoms with Gasteiger partial charge in [0, 0.05) is 6.42 Å². The first-order valence-electron chi connectivity index (χ1n) is 6.37. The number of amides is 1. The van der Waals surface area contributed by atoms with Crippen molar-refractivity contribution >= 4 is 12.1 Å². The van der Waals surface area contributed by atoms with Crippen molar-refractivity contribution in [2.75, 3.05) is 6.54 Å². The van der Waals surface area contributed by atoms with Gasteiger partial charge in [0.15, 0.2) is 0 Å². The normalized spacial score (nSPS) is 22.8. The number of carbonyl (C=O) groups excluding carboxylic acids is 1. The van der Waals surface area contributed by atoms with Gasteiger partial charge in [0.2, 0.25) is 0 Å². The molecular formula is C13H21F2NO4. The Bertz CT molecular complexity index is 415. The van der Waals surface area contributed by atoms with Crippen molar-refractivity contribution in [1.29, 1.82) is 0 Å². The Kier molecular flexibility index (Phi) is 4.04. The van der Waals surface area contributed by atoms with Crippen molar-refractivity contribution in [3.8, 4) is 0 Å². The summed E-state index contributed by atoms with van der Waals surface area (Å²) in [5.74, 6) is -4.33. The summed E-state index contributed by atoms with van der Waals surface area (Å²) in [5, 5.41) is 9.18. The molecule has 1 fully saturated rings. The molecule has 0 aliphatic carbocycles. The van der Waals surface area contributed by atoms with Crippen LogP contribution in [0.5, 0.6) is 0 Å². The van der Waals surface area contributed by atoms with E-state index in [1.807, 2.05) is 0 Å². The average Bonchev–Trinajstić information content (AvgIpc) is 2.52. The van der Waals surface area contributed by atoms with Gasteiger partial charge in [-0.2, -0.15) is 0 Å². The van der Waals surface area contributed by atoms with Crippen molar-refractivity contribution < 1.29 is 28.2 Å². The minimum Gasteiger partial charge on any atom is -0.481 e. The monoisotopic (exact) mass is 293 g/mol. The van der Waals surface area contributed by atoms with Gasteiger partial charge in [-0.05, 0) is 34.6 Å². The Morgan fingerprint density at radius 1 is 1.25 bits per heavy atom. The fourth-order valence-corrected chi connectivity index (χ4v) is 2.12. The Morgan fingerprint density at radius 2 is 1.75 bits per heavy atom. The third-order valence-electron chi connectivity index (χ3n) is 3.28. The molecule has 0 radical (unpaired) electrons. The number of carbonyl (C=O) groups is 2. The van der Waals surface area contributed by atoms with E-state index < -0.39 is 48.0 Å². The van der Waals surface area contributed by atoms with Gasteiger partial charge in [-0.25, -0.2) is 13.6 Å². The van der Waals surface area contributed by atoms with Crippen LogP contribution in [-0.4, -0.2) is 46.2 Å². The summed E-state index contributed by atoms with van der Waals surface area (Å²) in [7, 11) is 0. The van der Waals surface area contributed by atoms with Crippen LogP contribution in [0.1, 0.15) is 41.0 Å². The molecule has 0 spiro atoms. The van der Waals surface area contributed by atoms with Crippen molar-refractivity contribution in [1.82, 2.24) is 4.90 Å². The lowest BCUT2D eigenvalue weighted by Crippen LogP contribution is -2.49. The summed E-state index contributed by atoms with van der Waals surface area (Å²) in [6.45, 7) is 6.71. The van der Waals surface area contributed by atoms with Crippen LogP contribution in [0, 0.1) is 5.41 Å². The maximum atomic E-state index is 13.6. The number of hydrogen-bond donors (Lipinski definition) is 1. The van der Waals surface area contributed by atoms with Crippen LogP contribution >= 0.6 is 0 Å². The number of carboxylic acid groups (broad SMARTS) is 1. The highest BCUT2D eigenvalue weighted by Gasteiger charge is 2.55. The predicted molar refractivity (Wildman–Crippen MR) is 67.7 cm³/mol. The van der Waals surface area contributed by atoms with E-state index in [1.165, 1.54) is 13.8 Å². The molecule has 0 unspecified atom stereocenters. The minimum absolute atomic E-state index is 0.675. The predicted octanol–water partition coefficient (Wildman–Crippen LogP) is 2.74. The van der Waals surface area contributed by atoms with Crippen LogP contribution in [-0.2, 0) is 9.53 Å². The first-order chi connectivity index (χ1) is 8.76. The van der Waals surface area contributed by atoms with E-state index >= 15 is 0 Å². The molecule has 116 valence electrons. The van der Waals surface area contributed by atoms with Gasteiger partial charge in [0.1, 0.15) is 5.60 Å². The van der Waals surface area contributed by atoms with E-state index in [1.54, 1.807) is 20.8 Å². The molecular weight excluding hydrogens is 272 g/mol. The number of hydrogen-bond acceptors (Lipinski definition) is 3. The maximum absolute atomic E-state index is 13.6. The smallest absolute Gasteiger partial charge is 0.410 e. The molecule has 0 bridgehead atoms. The molecule has 1 heterocycles. The van der Waals surface area contributed by atoms with Gasteiger partial charge in [-0.1, -0.05) is 0 Å². The first kappa shape index (κ1) is 16.7. The number of aliphatic carboxylic acids is 1. The number of carboxylic acids is 1. The van der Waals surface area contributed by atoms with Gasteiger partial charge in [0.25, 0.3) is 5.92 Å². The highest BCUT2D eigenvalue weighted by atomic mass is 19.3. The van der Waals surface area contributed by atoms with Gasteiger partial charge in [-0.3, -0.25) is 9.69 Å². The third kappa shape index (κ3) is 3.58. The van der Waals surface area contributed by atoms with Crippen molar-refractivity contribution in [2.24, 2.45) is 5.41 Å². The maximum Gasteiger partial charge on any atom is 0.410 e. The molecule has 7 heteroatoms. The number of alkyl halides is 2. The lowest BCUT2D eigenvalue weighted by Gasteiger charge is -2.34. The molecule has 1 atom stereocenters. The van der Waals surface area contributed by atoms with Crippen LogP contribution in [0.15, 0.2) is 0 Å². The Balaban J connectivity index is 3.03. The van der Waals surface area contributed by atoms with Gasteiger partial charge < -0.3 is 9.84 Å². The SMILES string of the molecule is CC(C)(C)OC(=O)N1CC(F)(F)C[C@H]1C(C)(C)C(=O)O. The largest absolute Gasteiger partial charge is 0.481 e. The molecule has 1 amide bonds. The van der Waals surface area contributed by atoms with E-state index in [2.05, 4.69) is 0 Å². The third-order valence-corrected chi connectivity index (χ3v) is 3.28. The molecule has 1 aliphatic rings. The van der Waals surface area contributed by atoms with E-state index in [9.17, 15) is 23.5 Å². The van der Waals surface area contributed by atoms with E-state index in [-0.39, 0.29) is 0 Å². The van der Waals surface area contributed by atoms with E-state index in [4.69, 9.17) is 4.74 Å². The number of nitrogens with zero attached hydrogens (tertiary/aromatic N) is 1. The first-order valence-corrected chi connectivity index (χ1v) is 6.37. The lowest BCUT2D eigenvalue weighted by atomic mass is 9.83. The Labute approximate surface area is 116 Å². The van der Waals surface area contributed by atoms with Crippen molar-refractivity contribution in [3.05, 3.63) is 0 Å². The van der Waals surface area contributed by atoms with E-state index in [0.717, 1.165) is 4.90 Å². The molecule has 1 N–H and O–H groups in total. The summed E-state index contributed by atoms with van der Waals surface area (Å²) in [5.41, 5.74) is -2.30. The summed E-state index contributed by atoms with van der Waals surface area (Å²) < 4.78 is 32.3. The van der Waals surface area contributed by atoms with Crippen LogP contribution in [0.25, 0.3) is 0 Å². The zero-order valence-corrected chi connectivity index (χ0v) is 12.4. The lowest BCUT2D eigenvalue weighted by molar-refractivity contribution is -0.150. The second kappa shape index (κ2) is 4.86. The molecule has 5 nitrogen and oxygen atoms in total. The van der Waals surface area contributed by atoms with Gasteiger partial charge in [0.05, 0.1) is 18.0 Å². The second-order valence-corrected chi connectivity index (χ2v) is 6.71. The number of ether oxygens (including phenoxy) is 1. The molecule has 1 aliphatic heterocycles. The highest BCUT2D eigenvalue weighted by Crippen LogP contribution is 2.41. The van der Waals surface area contributed by atoms with Crippen molar-refractivity contribution in [3.63, 3.8) is 0 Å². The molecule has 0 aromatic carbocycles. The number of rotatable bonds is 2. The van der Waals surface area contributed by atoms with Gasteiger partial charge >= 0.3 is 12.1 Å². The van der Waals surface area contributed by atoms with Crippen LogP contribution in [0.3, 0.4) is 0 Å². The van der Waals surface area contributed by atoms with Crippen LogP contribution in [0.4, 0.5) is 13.6 Å². The summed E-state index contributed by atoms with van der Waals surface area (Å²) >= 11 is 0. The fraction of sp³-hybridized carbons (Fsp3) is 0.846. The zero-order chi connectivity index (χ0) is 15.9. The molecule has 1 rings (SSSR count). The molecule has 0 aromatic rings. The minimum atomic E-state index is -3.10. The summed E-state index contributed by atoms with van der Waals surface area (Å²) in [6, 6.07) is -1.11. The average molecular weight is 293 g/mol. The number of likely N-dealkylation sites (tertiary alicyclic amines) is 1. The summed E-state index contributed by atoms with van der Waals surface area (Å²) in [4.78, 5) is 24.1. The Hall–Kier alpha value is -1.40. The number of halogens is 2. The fourth-order valence-electron chi connectivity index (χ4n) is 2.12. The van der Waals surface area contributed by atoms with Crippen LogP contribution < -0.4 is 0 Å². The van der Waals surface area contributed by atoms with Crippen molar-refractivity contribution in [2.45, 2.75) is 58.6 Å². The standard InChI is InChI=1S/C13H21F2NO4/c1-11(2,3)20-10(19)16-7-13(14,15)6-8(16)12(4,5)9(17)18/h8H,6-7H2,1-5H3,(H,17,18)/t8-/m0/s1. The molecule has 20 heavy (non-hydrogen) atoms. The zero-order valence-electron chi connectivity index (χ0n) is 12.4. The second-order valence-electron chi connectivity index (χ2n) is 6.71. The topological polar surface area (TPSA) is 66.8 Å².